The molecule has 1 atom stereocenters. The summed E-state index contributed by atoms with van der Waals surface area (Å²) in [5.41, 5.74) is 5.64. The fourth-order valence-electron chi connectivity index (χ4n) is 1.81. The van der Waals surface area contributed by atoms with Crippen LogP contribution in [0.15, 0.2) is 5.16 Å². The molecule has 5 nitrogen and oxygen atoms in total. The van der Waals surface area contributed by atoms with Crippen LogP contribution in [0.5, 0.6) is 0 Å². The van der Waals surface area contributed by atoms with Crippen molar-refractivity contribution in [3.05, 3.63) is 0 Å². The van der Waals surface area contributed by atoms with E-state index >= 15 is 0 Å². The maximum absolute atomic E-state index is 5.91. The molecule has 0 radical (unpaired) electrons. The Morgan fingerprint density at radius 3 is 2.81 bits per heavy atom. The highest BCUT2D eigenvalue weighted by Gasteiger charge is 2.31. The first-order valence-electron chi connectivity index (χ1n) is 5.43. The number of thioether (sulfide) groups is 1. The number of anilines is 1. The molecule has 1 aliphatic heterocycles. The van der Waals surface area contributed by atoms with Gasteiger partial charge in [0.05, 0.1) is 11.7 Å². The number of aromatic nitrogens is 3. The van der Waals surface area contributed by atoms with Gasteiger partial charge in [0, 0.05) is 12.8 Å². The van der Waals surface area contributed by atoms with E-state index < -0.39 is 0 Å². The van der Waals surface area contributed by atoms with Gasteiger partial charge in [-0.15, -0.1) is 10.2 Å². The Labute approximate surface area is 99.7 Å². The summed E-state index contributed by atoms with van der Waals surface area (Å²) in [5.74, 6) is 1.37. The quantitative estimate of drug-likeness (QED) is 0.813. The second-order valence-corrected chi connectivity index (χ2v) is 5.74. The Morgan fingerprint density at radius 2 is 2.31 bits per heavy atom. The van der Waals surface area contributed by atoms with Gasteiger partial charge in [-0.1, -0.05) is 11.8 Å². The molecule has 0 aliphatic carbocycles. The van der Waals surface area contributed by atoms with Crippen molar-refractivity contribution in [1.29, 1.82) is 0 Å². The number of nitrogens with zero attached hydrogens (tertiary/aromatic N) is 3. The largest absolute Gasteiger partial charge is 0.371 e. The summed E-state index contributed by atoms with van der Waals surface area (Å²) in [6.07, 6.45) is 2.56. The van der Waals surface area contributed by atoms with Crippen molar-refractivity contribution in [2.45, 2.75) is 43.6 Å². The van der Waals surface area contributed by atoms with Gasteiger partial charge in [-0.2, -0.15) is 0 Å². The number of nitrogen functional groups attached to an aromatic ring is 1. The van der Waals surface area contributed by atoms with Crippen LogP contribution in [0.25, 0.3) is 0 Å². The predicted octanol–water partition coefficient (Wildman–Crippen LogP) is 1.45. The third-order valence-corrected chi connectivity index (χ3v) is 3.97. The highest BCUT2D eigenvalue weighted by Crippen LogP contribution is 2.32. The minimum absolute atomic E-state index is 0.0319. The van der Waals surface area contributed by atoms with Crippen LogP contribution in [-0.4, -0.2) is 32.2 Å². The molecule has 2 rings (SSSR count). The van der Waals surface area contributed by atoms with Gasteiger partial charge in [0.25, 0.3) is 0 Å². The predicted molar refractivity (Wildman–Crippen MR) is 64.3 cm³/mol. The summed E-state index contributed by atoms with van der Waals surface area (Å²) in [7, 11) is 1.87. The Morgan fingerprint density at radius 1 is 1.56 bits per heavy atom. The van der Waals surface area contributed by atoms with Gasteiger partial charge in [0.15, 0.2) is 5.16 Å². The van der Waals surface area contributed by atoms with Crippen LogP contribution >= 0.6 is 11.8 Å². The first kappa shape index (κ1) is 11.7. The minimum atomic E-state index is 0.0319. The van der Waals surface area contributed by atoms with Gasteiger partial charge in [-0.25, -0.2) is 0 Å². The molecule has 0 bridgehead atoms. The number of ether oxygens (including phenoxy) is 1. The zero-order valence-corrected chi connectivity index (χ0v) is 10.8. The first-order valence-corrected chi connectivity index (χ1v) is 6.42. The van der Waals surface area contributed by atoms with E-state index in [4.69, 9.17) is 10.5 Å². The van der Waals surface area contributed by atoms with Crippen LogP contribution in [0.4, 0.5) is 5.95 Å². The van der Waals surface area contributed by atoms with E-state index in [0.29, 0.717) is 12.1 Å². The smallest absolute Gasteiger partial charge is 0.222 e. The lowest BCUT2D eigenvalue weighted by atomic mass is 10.1. The van der Waals surface area contributed by atoms with Crippen molar-refractivity contribution in [3.8, 4) is 0 Å². The Bertz CT molecular complexity index is 377. The summed E-state index contributed by atoms with van der Waals surface area (Å²) in [5, 5.41) is 8.68. The summed E-state index contributed by atoms with van der Waals surface area (Å²) in [6, 6.07) is 0. The standard InChI is InChI=1S/C10H18N4OS/c1-10(2)5-4-7(15-10)6-16-9-13-12-8(11)14(9)3/h7H,4-6H2,1-3H3,(H2,11,12). The molecule has 1 saturated heterocycles. The molecule has 1 fully saturated rings. The van der Waals surface area contributed by atoms with Crippen LogP contribution in [0.1, 0.15) is 26.7 Å². The lowest BCUT2D eigenvalue weighted by molar-refractivity contribution is -0.00469. The molecule has 1 aromatic heterocycles. The molecule has 6 heteroatoms. The van der Waals surface area contributed by atoms with E-state index in [0.717, 1.165) is 23.8 Å². The van der Waals surface area contributed by atoms with E-state index in [9.17, 15) is 0 Å². The summed E-state index contributed by atoms with van der Waals surface area (Å²) in [4.78, 5) is 0. The van der Waals surface area contributed by atoms with E-state index in [-0.39, 0.29) is 5.60 Å². The van der Waals surface area contributed by atoms with Crippen molar-refractivity contribution in [2.75, 3.05) is 11.5 Å². The van der Waals surface area contributed by atoms with Crippen LogP contribution in [-0.2, 0) is 11.8 Å². The average Bonchev–Trinajstić information content (AvgIpc) is 2.70. The molecule has 0 amide bonds. The van der Waals surface area contributed by atoms with Crippen LogP contribution in [0, 0.1) is 0 Å². The molecule has 90 valence electrons. The summed E-state index contributed by atoms with van der Waals surface area (Å²) < 4.78 is 7.70. The fourth-order valence-corrected chi connectivity index (χ4v) is 2.77. The molecule has 0 aromatic carbocycles. The fraction of sp³-hybridized carbons (Fsp3) is 0.800. The summed E-state index contributed by atoms with van der Waals surface area (Å²) in [6.45, 7) is 4.27. The second-order valence-electron chi connectivity index (χ2n) is 4.75. The maximum Gasteiger partial charge on any atom is 0.222 e. The zero-order chi connectivity index (χ0) is 11.8. The van der Waals surface area contributed by atoms with Gasteiger partial charge < -0.3 is 10.5 Å². The molecule has 1 unspecified atom stereocenters. The molecule has 16 heavy (non-hydrogen) atoms. The van der Waals surface area contributed by atoms with Gasteiger partial charge in [-0.3, -0.25) is 4.57 Å². The third-order valence-electron chi connectivity index (χ3n) is 2.82. The minimum Gasteiger partial charge on any atom is -0.371 e. The van der Waals surface area contributed by atoms with Crippen molar-refractivity contribution in [2.24, 2.45) is 7.05 Å². The first-order chi connectivity index (χ1) is 7.48. The molecule has 0 spiro atoms. The van der Waals surface area contributed by atoms with E-state index in [1.165, 1.54) is 0 Å². The second kappa shape index (κ2) is 4.25. The molecule has 0 saturated carbocycles. The van der Waals surface area contributed by atoms with Crippen molar-refractivity contribution >= 4 is 17.7 Å². The highest BCUT2D eigenvalue weighted by atomic mass is 32.2. The lowest BCUT2D eigenvalue weighted by Crippen LogP contribution is -2.21. The summed E-state index contributed by atoms with van der Waals surface area (Å²) >= 11 is 1.65. The van der Waals surface area contributed by atoms with Gasteiger partial charge in [-0.05, 0) is 26.7 Å². The monoisotopic (exact) mass is 242 g/mol. The van der Waals surface area contributed by atoms with E-state index in [1.807, 2.05) is 7.05 Å². The average molecular weight is 242 g/mol. The maximum atomic E-state index is 5.91. The highest BCUT2D eigenvalue weighted by molar-refractivity contribution is 7.99. The van der Waals surface area contributed by atoms with Gasteiger partial charge in [0.1, 0.15) is 0 Å². The van der Waals surface area contributed by atoms with Crippen molar-refractivity contribution in [1.82, 2.24) is 14.8 Å². The van der Waals surface area contributed by atoms with E-state index in [1.54, 1.807) is 16.3 Å². The van der Waals surface area contributed by atoms with Crippen molar-refractivity contribution in [3.63, 3.8) is 0 Å². The zero-order valence-electron chi connectivity index (χ0n) is 9.93. The molecule has 1 aromatic rings. The molecule has 1 aliphatic rings. The molecule has 2 N–H and O–H groups in total. The topological polar surface area (TPSA) is 66.0 Å². The number of nitrogens with two attached hydrogens (primary N) is 1. The third kappa shape index (κ3) is 2.49. The lowest BCUT2D eigenvalue weighted by Gasteiger charge is -2.18. The number of hydrogen-bond acceptors (Lipinski definition) is 5. The Balaban J connectivity index is 1.87. The molecular weight excluding hydrogens is 224 g/mol. The Kier molecular flexibility index (Phi) is 3.12. The SMILES string of the molecule is Cn1c(N)nnc1SCC1CCC(C)(C)O1. The van der Waals surface area contributed by atoms with Crippen LogP contribution in [0.3, 0.4) is 0 Å². The van der Waals surface area contributed by atoms with Gasteiger partial charge >= 0.3 is 0 Å². The molecule has 2 heterocycles. The van der Waals surface area contributed by atoms with Crippen molar-refractivity contribution < 1.29 is 4.74 Å². The van der Waals surface area contributed by atoms with Gasteiger partial charge in [0.2, 0.25) is 5.95 Å². The van der Waals surface area contributed by atoms with Crippen LogP contribution < -0.4 is 5.73 Å². The Hall–Kier alpha value is -0.750. The number of rotatable bonds is 3. The van der Waals surface area contributed by atoms with E-state index in [2.05, 4.69) is 24.0 Å². The van der Waals surface area contributed by atoms with Crippen LogP contribution in [0.2, 0.25) is 0 Å². The molecular formula is C10H18N4OS. The normalized spacial score (nSPS) is 23.8. The number of hydrogen-bond donors (Lipinski definition) is 1.